The van der Waals surface area contributed by atoms with Crippen molar-refractivity contribution in [2.24, 2.45) is 5.73 Å². The van der Waals surface area contributed by atoms with Crippen molar-refractivity contribution in [2.45, 2.75) is 50.6 Å². The van der Waals surface area contributed by atoms with Gasteiger partial charge in [0, 0.05) is 0 Å². The monoisotopic (exact) mass is 419 g/mol. The fraction of sp³-hybridized carbons (Fsp3) is 0.571. The number of carboxylic acid groups (broad SMARTS) is 1. The number of aliphatic hydroxyl groups is 2. The number of carboxylic acids is 1. The number of hydrogen-bond donors (Lipinski definition) is 10. The molecular weight excluding hydrogens is 394 g/mol. The van der Waals surface area contributed by atoms with Crippen LogP contribution in [0.4, 0.5) is 0 Å². The van der Waals surface area contributed by atoms with Crippen LogP contribution in [0.25, 0.3) is 0 Å². The van der Waals surface area contributed by atoms with Gasteiger partial charge < -0.3 is 37.0 Å². The number of nitrogens with two attached hydrogens (primary N) is 1. The smallest absolute Gasteiger partial charge is 0.305 e. The first-order valence-electron chi connectivity index (χ1n) is 8.18. The van der Waals surface area contributed by atoms with Crippen molar-refractivity contribution in [3.8, 4) is 0 Å². The molecule has 11 N–H and O–H groups in total. The van der Waals surface area contributed by atoms with Crippen LogP contribution in [0.2, 0.25) is 0 Å². The zero-order valence-electron chi connectivity index (χ0n) is 15.6. The molecule has 15 nitrogen and oxygen atoms in total. The second kappa shape index (κ2) is 12.1. The third-order valence-corrected chi connectivity index (χ3v) is 3.41. The minimum absolute atomic E-state index is 0.138. The molecule has 15 heteroatoms. The summed E-state index contributed by atoms with van der Waals surface area (Å²) < 4.78 is 0. The first kappa shape index (κ1) is 25.5. The van der Waals surface area contributed by atoms with Gasteiger partial charge in [0.25, 0.3) is 5.91 Å². The second-order valence-corrected chi connectivity index (χ2v) is 5.92. The maximum Gasteiger partial charge on any atom is 0.305 e. The van der Waals surface area contributed by atoms with Crippen LogP contribution in [0.1, 0.15) is 20.3 Å². The standard InChI is InChI=1S/C14H25N7O8/c1-5(23)9(17-4-22)12(28)18-7(3-8(25)26)11(27)19-10(6(2)24)13(29)20-21-14(15)16/h4-7,9-10,23-24H,3H2,1-2H3,(H,17,22)(H,18,28)(H,19,27)(H,20,29)(H,25,26)(H4,15,16,21)/t5-,6-,7+,9+,10+/m1/s1. The number of aliphatic hydroxyl groups excluding tert-OH is 2. The normalized spacial score (nSPS) is 15.4. The summed E-state index contributed by atoms with van der Waals surface area (Å²) in [6.07, 6.45) is -3.57. The van der Waals surface area contributed by atoms with Crippen LogP contribution < -0.4 is 32.5 Å². The number of carbonyl (C=O) groups excluding carboxylic acids is 4. The maximum atomic E-state index is 12.4. The molecule has 0 bridgehead atoms. The first-order chi connectivity index (χ1) is 13.4. The summed E-state index contributed by atoms with van der Waals surface area (Å²) in [5.41, 5.74) is 8.89. The van der Waals surface area contributed by atoms with E-state index in [1.165, 1.54) is 6.92 Å². The molecule has 0 saturated carbocycles. The summed E-state index contributed by atoms with van der Waals surface area (Å²) in [6, 6.07) is -4.76. The van der Waals surface area contributed by atoms with Crippen molar-refractivity contribution in [1.82, 2.24) is 26.8 Å². The Bertz CT molecular complexity index is 639. The van der Waals surface area contributed by atoms with Crippen molar-refractivity contribution in [3.05, 3.63) is 0 Å². The van der Waals surface area contributed by atoms with Crippen LogP contribution >= 0.6 is 0 Å². The van der Waals surface area contributed by atoms with Gasteiger partial charge in [-0.05, 0) is 13.8 Å². The van der Waals surface area contributed by atoms with Gasteiger partial charge in [-0.25, -0.2) is 0 Å². The molecule has 0 heterocycles. The van der Waals surface area contributed by atoms with Gasteiger partial charge in [-0.1, -0.05) is 0 Å². The summed E-state index contributed by atoms with van der Waals surface area (Å²) in [5, 5.41) is 41.3. The lowest BCUT2D eigenvalue weighted by molar-refractivity contribution is -0.141. The number of hydrazine groups is 1. The van der Waals surface area contributed by atoms with E-state index in [1.807, 2.05) is 16.2 Å². The zero-order valence-corrected chi connectivity index (χ0v) is 15.6. The minimum Gasteiger partial charge on any atom is -0.481 e. The van der Waals surface area contributed by atoms with Crippen LogP contribution in [0, 0.1) is 5.41 Å². The predicted molar refractivity (Wildman–Crippen MR) is 95.7 cm³/mol. The molecule has 0 unspecified atom stereocenters. The average Bonchev–Trinajstić information content (AvgIpc) is 2.60. The molecule has 0 fully saturated rings. The van der Waals surface area contributed by atoms with E-state index in [0.29, 0.717) is 0 Å². The largest absolute Gasteiger partial charge is 0.481 e. The molecule has 0 spiro atoms. The lowest BCUT2D eigenvalue weighted by Gasteiger charge is -2.25. The van der Waals surface area contributed by atoms with Crippen molar-refractivity contribution in [3.63, 3.8) is 0 Å². The van der Waals surface area contributed by atoms with Crippen LogP contribution in [0.3, 0.4) is 0 Å². The number of aliphatic carboxylic acids is 1. The van der Waals surface area contributed by atoms with Crippen LogP contribution in [-0.2, 0) is 24.0 Å². The Hall–Kier alpha value is -3.46. The molecule has 29 heavy (non-hydrogen) atoms. The highest BCUT2D eigenvalue weighted by molar-refractivity contribution is 5.95. The van der Waals surface area contributed by atoms with Gasteiger partial charge in [0.05, 0.1) is 18.6 Å². The van der Waals surface area contributed by atoms with Gasteiger partial charge in [-0.3, -0.25) is 40.2 Å². The summed E-state index contributed by atoms with van der Waals surface area (Å²) in [6.45, 7) is 2.34. The fourth-order valence-electron chi connectivity index (χ4n) is 2.02. The van der Waals surface area contributed by atoms with Crippen LogP contribution in [0.15, 0.2) is 0 Å². The third kappa shape index (κ3) is 9.34. The van der Waals surface area contributed by atoms with Gasteiger partial charge in [0.2, 0.25) is 24.2 Å². The van der Waals surface area contributed by atoms with E-state index in [0.717, 1.165) is 6.92 Å². The number of rotatable bonds is 11. The molecule has 0 radical (unpaired) electrons. The number of carbonyl (C=O) groups is 5. The Kier molecular flexibility index (Phi) is 10.6. The molecule has 0 rings (SSSR count). The quantitative estimate of drug-likeness (QED) is 0.0658. The molecule has 5 atom stereocenters. The van der Waals surface area contributed by atoms with E-state index in [9.17, 15) is 34.2 Å². The number of guanidine groups is 1. The molecule has 0 aromatic carbocycles. The summed E-state index contributed by atoms with van der Waals surface area (Å²) >= 11 is 0. The number of nitrogens with one attached hydrogen (secondary N) is 6. The molecule has 0 saturated heterocycles. The Labute approximate surface area is 164 Å². The van der Waals surface area contributed by atoms with Crippen LogP contribution in [-0.4, -0.2) is 81.7 Å². The highest BCUT2D eigenvalue weighted by atomic mass is 16.4. The van der Waals surface area contributed by atoms with E-state index in [4.69, 9.17) is 16.2 Å². The average molecular weight is 419 g/mol. The molecule has 0 aliphatic carbocycles. The number of hydrogen-bond acceptors (Lipinski definition) is 8. The Morgan fingerprint density at radius 2 is 1.52 bits per heavy atom. The van der Waals surface area contributed by atoms with Crippen molar-refractivity contribution in [1.29, 1.82) is 5.41 Å². The van der Waals surface area contributed by atoms with Crippen molar-refractivity contribution >= 4 is 36.1 Å². The fourth-order valence-corrected chi connectivity index (χ4v) is 2.02. The molecule has 0 aliphatic rings. The highest BCUT2D eigenvalue weighted by Gasteiger charge is 2.33. The molecule has 4 amide bonds. The van der Waals surface area contributed by atoms with Gasteiger partial charge >= 0.3 is 5.97 Å². The zero-order chi connectivity index (χ0) is 22.7. The van der Waals surface area contributed by atoms with Crippen LogP contribution in [0.5, 0.6) is 0 Å². The van der Waals surface area contributed by atoms with E-state index in [-0.39, 0.29) is 6.41 Å². The van der Waals surface area contributed by atoms with Gasteiger partial charge in [0.1, 0.15) is 18.1 Å². The Morgan fingerprint density at radius 1 is 0.966 bits per heavy atom. The topological polar surface area (TPSA) is 256 Å². The molecule has 0 aromatic rings. The van der Waals surface area contributed by atoms with E-state index >= 15 is 0 Å². The minimum atomic E-state index is -1.70. The number of amides is 4. The Balaban J connectivity index is 5.37. The third-order valence-electron chi connectivity index (χ3n) is 3.41. The van der Waals surface area contributed by atoms with E-state index < -0.39 is 66.4 Å². The summed E-state index contributed by atoms with van der Waals surface area (Å²) in [5.74, 6) is -5.30. The molecular formula is C14H25N7O8. The van der Waals surface area contributed by atoms with Gasteiger partial charge in [-0.15, -0.1) is 0 Å². The van der Waals surface area contributed by atoms with Gasteiger partial charge in [-0.2, -0.15) is 0 Å². The molecule has 164 valence electrons. The SMILES string of the molecule is C[C@@H](O)[C@H](NC=O)C(=O)N[C@@H](CC(=O)O)C(=O)N[C@H](C(=O)NNC(=N)N)[C@@H](C)O. The van der Waals surface area contributed by atoms with E-state index in [1.54, 1.807) is 0 Å². The lowest BCUT2D eigenvalue weighted by Crippen LogP contribution is -2.61. The van der Waals surface area contributed by atoms with Crippen molar-refractivity contribution < 1.29 is 39.3 Å². The highest BCUT2D eigenvalue weighted by Crippen LogP contribution is 2.01. The first-order valence-corrected chi connectivity index (χ1v) is 8.18. The second-order valence-electron chi connectivity index (χ2n) is 5.92. The van der Waals surface area contributed by atoms with Crippen molar-refractivity contribution in [2.75, 3.05) is 0 Å². The Morgan fingerprint density at radius 3 is 1.93 bits per heavy atom. The van der Waals surface area contributed by atoms with Gasteiger partial charge in [0.15, 0.2) is 0 Å². The molecule has 0 aromatic heterocycles. The maximum absolute atomic E-state index is 12.4. The molecule has 0 aliphatic heterocycles. The van der Waals surface area contributed by atoms with E-state index in [2.05, 4.69) is 10.6 Å². The lowest BCUT2D eigenvalue weighted by atomic mass is 10.1. The predicted octanol–water partition coefficient (Wildman–Crippen LogP) is -5.18. The summed E-state index contributed by atoms with van der Waals surface area (Å²) in [7, 11) is 0. The summed E-state index contributed by atoms with van der Waals surface area (Å²) in [4.78, 5) is 58.1.